The van der Waals surface area contributed by atoms with E-state index >= 15 is 0 Å². The Balaban J connectivity index is 1.46. The number of quaternary nitrogens is 1. The fourth-order valence-corrected chi connectivity index (χ4v) is 6.63. The molecule has 28 heavy (non-hydrogen) atoms. The summed E-state index contributed by atoms with van der Waals surface area (Å²) in [5.74, 6) is -0.0773. The molecule has 2 bridgehead atoms. The number of carbonyl (C=O) groups is 1. The minimum absolute atomic E-state index is 0.0141. The summed E-state index contributed by atoms with van der Waals surface area (Å²) in [5.41, 5.74) is 2.35. The van der Waals surface area contributed by atoms with Gasteiger partial charge in [-0.05, 0) is 51.2 Å². The first-order valence-corrected chi connectivity index (χ1v) is 11.4. The van der Waals surface area contributed by atoms with Crippen molar-refractivity contribution in [3.05, 3.63) is 42.0 Å². The topological polar surface area (TPSA) is 26.3 Å². The van der Waals surface area contributed by atoms with Gasteiger partial charge in [-0.3, -0.25) is 4.79 Å². The van der Waals surface area contributed by atoms with Crippen LogP contribution in [0.4, 0.5) is 0 Å². The maximum atomic E-state index is 13.2. The molecule has 0 amide bonds. The summed E-state index contributed by atoms with van der Waals surface area (Å²) in [7, 11) is 0. The first-order valence-electron chi connectivity index (χ1n) is 11.4. The van der Waals surface area contributed by atoms with Crippen molar-refractivity contribution < 1.29 is 14.0 Å². The lowest BCUT2D eigenvalue weighted by molar-refractivity contribution is -0.983. The standard InChI is InChI=1S/C25H36NO2/c1-4-26(18(2)3)20-14-15-21(26)17-22(16-20)28-25(27)24-13-9-8-12-23(24)19-10-6-5-7-11-19/h5-7,10-12,18,20-22,24H,4,8-9,13-17H2,1-3H3/q+1/t20-,21+,22?,24?,26?. The monoisotopic (exact) mass is 382 g/mol. The zero-order valence-corrected chi connectivity index (χ0v) is 17.8. The second-order valence-electron chi connectivity index (χ2n) is 9.33. The quantitative estimate of drug-likeness (QED) is 0.507. The van der Waals surface area contributed by atoms with E-state index in [0.29, 0.717) is 18.1 Å². The minimum Gasteiger partial charge on any atom is -0.461 e. The number of carbonyl (C=O) groups excluding carboxylic acids is 1. The van der Waals surface area contributed by atoms with Gasteiger partial charge < -0.3 is 9.22 Å². The smallest absolute Gasteiger partial charge is 0.313 e. The molecule has 1 aliphatic carbocycles. The van der Waals surface area contributed by atoms with Gasteiger partial charge in [0.25, 0.3) is 0 Å². The van der Waals surface area contributed by atoms with Crippen LogP contribution in [0.5, 0.6) is 0 Å². The molecule has 3 unspecified atom stereocenters. The molecule has 1 aromatic rings. The van der Waals surface area contributed by atoms with Crippen LogP contribution in [-0.2, 0) is 9.53 Å². The van der Waals surface area contributed by atoms with Crippen molar-refractivity contribution >= 4 is 11.5 Å². The number of benzene rings is 1. The molecular formula is C25H36NO2+. The van der Waals surface area contributed by atoms with Crippen molar-refractivity contribution in [3.8, 4) is 0 Å². The molecule has 152 valence electrons. The van der Waals surface area contributed by atoms with Crippen LogP contribution in [0.25, 0.3) is 5.57 Å². The van der Waals surface area contributed by atoms with Gasteiger partial charge in [0.05, 0.1) is 30.6 Å². The third-order valence-corrected chi connectivity index (χ3v) is 7.88. The fraction of sp³-hybridized carbons (Fsp3) is 0.640. The highest BCUT2D eigenvalue weighted by atomic mass is 16.5. The maximum absolute atomic E-state index is 13.2. The van der Waals surface area contributed by atoms with Gasteiger partial charge in [0.1, 0.15) is 6.10 Å². The molecule has 1 aromatic carbocycles. The van der Waals surface area contributed by atoms with E-state index in [-0.39, 0.29) is 18.0 Å². The number of rotatable bonds is 5. The number of piperidine rings is 1. The third kappa shape index (κ3) is 3.32. The molecule has 0 N–H and O–H groups in total. The zero-order chi connectivity index (χ0) is 19.7. The summed E-state index contributed by atoms with van der Waals surface area (Å²) < 4.78 is 7.43. The summed E-state index contributed by atoms with van der Waals surface area (Å²) in [6.45, 7) is 8.30. The van der Waals surface area contributed by atoms with Gasteiger partial charge in [-0.15, -0.1) is 0 Å². The van der Waals surface area contributed by atoms with Crippen LogP contribution in [0, 0.1) is 5.92 Å². The SMILES string of the molecule is CC[N+]1(C(C)C)[C@@H]2CC[C@H]1CC(OC(=O)C1CCCC=C1c1ccccc1)C2. The van der Waals surface area contributed by atoms with Crippen molar-refractivity contribution in [1.82, 2.24) is 0 Å². The third-order valence-electron chi connectivity index (χ3n) is 7.88. The predicted molar refractivity (Wildman–Crippen MR) is 114 cm³/mol. The summed E-state index contributed by atoms with van der Waals surface area (Å²) in [6, 6.07) is 12.4. The Kier molecular flexibility index (Phi) is 5.64. The molecule has 3 aliphatic rings. The van der Waals surface area contributed by atoms with Gasteiger partial charge in [-0.25, -0.2) is 0 Å². The van der Waals surface area contributed by atoms with Crippen LogP contribution in [-0.4, -0.2) is 41.2 Å². The van der Waals surface area contributed by atoms with Crippen LogP contribution < -0.4 is 0 Å². The first-order chi connectivity index (χ1) is 13.6. The van der Waals surface area contributed by atoms with Crippen molar-refractivity contribution in [1.29, 1.82) is 0 Å². The Morgan fingerprint density at radius 3 is 2.39 bits per heavy atom. The number of fused-ring (bicyclic) bond motifs is 2. The fourth-order valence-electron chi connectivity index (χ4n) is 6.63. The summed E-state index contributed by atoms with van der Waals surface area (Å²) in [5, 5.41) is 0. The molecule has 2 fully saturated rings. The summed E-state index contributed by atoms with van der Waals surface area (Å²) >= 11 is 0. The van der Waals surface area contributed by atoms with Crippen LogP contribution in [0.3, 0.4) is 0 Å². The van der Waals surface area contributed by atoms with Crippen LogP contribution in [0.15, 0.2) is 36.4 Å². The number of hydrogen-bond donors (Lipinski definition) is 0. The normalized spacial score (nSPS) is 34.9. The minimum atomic E-state index is -0.0914. The van der Waals surface area contributed by atoms with E-state index in [1.54, 1.807) is 0 Å². The Labute approximate surface area is 170 Å². The molecule has 0 saturated carbocycles. The van der Waals surface area contributed by atoms with E-state index < -0.39 is 0 Å². The Hall–Kier alpha value is -1.61. The van der Waals surface area contributed by atoms with E-state index in [4.69, 9.17) is 4.74 Å². The molecule has 0 aromatic heterocycles. The lowest BCUT2D eigenvalue weighted by Crippen LogP contribution is -2.64. The second-order valence-corrected chi connectivity index (χ2v) is 9.33. The summed E-state index contributed by atoms with van der Waals surface area (Å²) in [6.07, 6.45) is 10.1. The highest BCUT2D eigenvalue weighted by Gasteiger charge is 2.55. The molecule has 2 aliphatic heterocycles. The van der Waals surface area contributed by atoms with Crippen molar-refractivity contribution in [2.75, 3.05) is 6.54 Å². The molecule has 3 nitrogen and oxygen atoms in total. The van der Waals surface area contributed by atoms with Crippen LogP contribution >= 0.6 is 0 Å². The van der Waals surface area contributed by atoms with Gasteiger partial charge in [-0.1, -0.05) is 36.4 Å². The van der Waals surface area contributed by atoms with E-state index in [1.165, 1.54) is 35.0 Å². The molecule has 2 saturated heterocycles. The molecule has 3 heteroatoms. The van der Waals surface area contributed by atoms with E-state index in [2.05, 4.69) is 51.1 Å². The van der Waals surface area contributed by atoms with Gasteiger partial charge in [-0.2, -0.15) is 0 Å². The highest BCUT2D eigenvalue weighted by Crippen LogP contribution is 2.45. The number of nitrogens with zero attached hydrogens (tertiary/aromatic N) is 1. The van der Waals surface area contributed by atoms with Crippen molar-refractivity contribution in [3.63, 3.8) is 0 Å². The summed E-state index contributed by atoms with van der Waals surface area (Å²) in [4.78, 5) is 13.2. The van der Waals surface area contributed by atoms with E-state index in [1.807, 2.05) is 6.07 Å². The molecule has 5 atom stereocenters. The Bertz CT molecular complexity index is 709. The second kappa shape index (κ2) is 8.02. The zero-order valence-electron chi connectivity index (χ0n) is 17.8. The number of esters is 1. The lowest BCUT2D eigenvalue weighted by Gasteiger charge is -2.52. The van der Waals surface area contributed by atoms with Crippen LogP contribution in [0.2, 0.25) is 0 Å². The maximum Gasteiger partial charge on any atom is 0.313 e. The molecule has 0 radical (unpaired) electrons. The van der Waals surface area contributed by atoms with Crippen LogP contribution in [0.1, 0.15) is 71.3 Å². The number of allylic oxidation sites excluding steroid dienone is 1. The van der Waals surface area contributed by atoms with Crippen molar-refractivity contribution in [2.45, 2.75) is 89.9 Å². The largest absolute Gasteiger partial charge is 0.461 e. The van der Waals surface area contributed by atoms with Gasteiger partial charge in [0.2, 0.25) is 0 Å². The Morgan fingerprint density at radius 1 is 1.11 bits per heavy atom. The predicted octanol–water partition coefficient (Wildman–Crippen LogP) is 5.35. The average Bonchev–Trinajstić information content (AvgIpc) is 2.92. The van der Waals surface area contributed by atoms with Gasteiger partial charge in [0, 0.05) is 25.7 Å². The highest BCUT2D eigenvalue weighted by molar-refractivity contribution is 5.89. The molecule has 2 heterocycles. The molecule has 0 spiro atoms. The first kappa shape index (κ1) is 19.7. The van der Waals surface area contributed by atoms with E-state index in [0.717, 1.165) is 32.1 Å². The molecular weight excluding hydrogens is 346 g/mol. The Morgan fingerprint density at radius 2 is 1.79 bits per heavy atom. The number of ether oxygens (including phenoxy) is 1. The number of hydrogen-bond acceptors (Lipinski definition) is 2. The van der Waals surface area contributed by atoms with Gasteiger partial charge in [0.15, 0.2) is 0 Å². The van der Waals surface area contributed by atoms with Gasteiger partial charge >= 0.3 is 5.97 Å². The average molecular weight is 383 g/mol. The lowest BCUT2D eigenvalue weighted by atomic mass is 9.83. The van der Waals surface area contributed by atoms with E-state index in [9.17, 15) is 4.79 Å². The van der Waals surface area contributed by atoms with Crippen molar-refractivity contribution in [2.24, 2.45) is 5.92 Å². The molecule has 4 rings (SSSR count).